The maximum Gasteiger partial charge on any atom is 0.229 e. The van der Waals surface area contributed by atoms with Crippen molar-refractivity contribution in [2.45, 2.75) is 58.8 Å². The molecule has 1 saturated heterocycles. The van der Waals surface area contributed by atoms with E-state index in [0.29, 0.717) is 43.7 Å². The van der Waals surface area contributed by atoms with Gasteiger partial charge in [-0.3, -0.25) is 19.5 Å². The topological polar surface area (TPSA) is 73.8 Å². The lowest BCUT2D eigenvalue weighted by atomic mass is 9.64. The fourth-order valence-electron chi connectivity index (χ4n) is 3.82. The second kappa shape index (κ2) is 8.49. The van der Waals surface area contributed by atoms with Crippen molar-refractivity contribution in [2.75, 3.05) is 26.7 Å². The minimum atomic E-state index is -0.0543. The molecular weight excluding hydrogens is 304 g/mol. The van der Waals surface area contributed by atoms with Crippen LogP contribution in [-0.4, -0.2) is 49.4 Å². The molecule has 2 aliphatic rings. The molecule has 6 nitrogen and oxygen atoms in total. The van der Waals surface area contributed by atoms with Crippen LogP contribution in [0.2, 0.25) is 0 Å². The molecule has 0 aromatic carbocycles. The van der Waals surface area contributed by atoms with Gasteiger partial charge < -0.3 is 10.6 Å². The van der Waals surface area contributed by atoms with Gasteiger partial charge in [-0.1, -0.05) is 20.3 Å². The Hall–Kier alpha value is -1.59. The average Bonchev–Trinajstić information content (AvgIpc) is 2.49. The van der Waals surface area contributed by atoms with E-state index in [0.717, 1.165) is 12.5 Å². The van der Waals surface area contributed by atoms with Crippen molar-refractivity contribution in [1.29, 1.82) is 0 Å². The van der Waals surface area contributed by atoms with Crippen LogP contribution in [0.1, 0.15) is 58.8 Å². The molecule has 1 aliphatic carbocycles. The van der Waals surface area contributed by atoms with Crippen LogP contribution in [-0.2, 0) is 9.59 Å². The molecule has 0 atom stereocenters. The number of piperidine rings is 1. The molecule has 0 radical (unpaired) electrons. The van der Waals surface area contributed by atoms with Gasteiger partial charge in [0, 0.05) is 39.5 Å². The Morgan fingerprint density at radius 2 is 1.83 bits per heavy atom. The lowest BCUT2D eigenvalue weighted by Gasteiger charge is -2.43. The van der Waals surface area contributed by atoms with Gasteiger partial charge in [-0.05, 0) is 37.0 Å². The van der Waals surface area contributed by atoms with E-state index in [-0.39, 0.29) is 11.8 Å². The van der Waals surface area contributed by atoms with Gasteiger partial charge in [-0.15, -0.1) is 0 Å². The number of nitrogens with zero attached hydrogens (tertiary/aromatic N) is 2. The van der Waals surface area contributed by atoms with Gasteiger partial charge in [0.05, 0.1) is 0 Å². The summed E-state index contributed by atoms with van der Waals surface area (Å²) in [5.74, 6) is 1.35. The lowest BCUT2D eigenvalue weighted by molar-refractivity contribution is -0.147. The second-order valence-corrected chi connectivity index (χ2v) is 7.60. The van der Waals surface area contributed by atoms with Crippen molar-refractivity contribution in [3.8, 4) is 0 Å². The molecule has 2 amide bonds. The number of rotatable bonds is 7. The smallest absolute Gasteiger partial charge is 0.229 e. The van der Waals surface area contributed by atoms with E-state index in [2.05, 4.69) is 29.5 Å². The molecule has 1 heterocycles. The van der Waals surface area contributed by atoms with E-state index in [9.17, 15) is 9.59 Å². The first-order valence-corrected chi connectivity index (χ1v) is 9.23. The summed E-state index contributed by atoms with van der Waals surface area (Å²) in [6.07, 6.45) is 6.78. The largest absolute Gasteiger partial charge is 0.356 e. The zero-order chi connectivity index (χ0) is 17.6. The Bertz CT molecular complexity index is 467. The summed E-state index contributed by atoms with van der Waals surface area (Å²) in [6.45, 7) is 6.44. The predicted octanol–water partition coefficient (Wildman–Crippen LogP) is 1.91. The highest BCUT2D eigenvalue weighted by Gasteiger charge is 2.37. The van der Waals surface area contributed by atoms with Gasteiger partial charge in [0.25, 0.3) is 0 Å². The summed E-state index contributed by atoms with van der Waals surface area (Å²) in [7, 11) is 1.75. The van der Waals surface area contributed by atoms with Crippen LogP contribution >= 0.6 is 0 Å². The number of likely N-dealkylation sites (tertiary alicyclic amines) is 1. The first-order valence-electron chi connectivity index (χ1n) is 9.23. The molecule has 136 valence electrons. The number of carbonyl (C=O) groups is 2. The molecule has 24 heavy (non-hydrogen) atoms. The number of aliphatic imine (C=N–C) groups is 1. The third kappa shape index (κ3) is 4.95. The van der Waals surface area contributed by atoms with Crippen LogP contribution in [0.15, 0.2) is 4.99 Å². The Balaban J connectivity index is 1.74. The molecule has 2 rings (SSSR count). The van der Waals surface area contributed by atoms with E-state index in [1.165, 1.54) is 30.6 Å². The van der Waals surface area contributed by atoms with Crippen LogP contribution in [0, 0.1) is 11.3 Å². The molecule has 2 fully saturated rings. The second-order valence-electron chi connectivity index (χ2n) is 7.60. The van der Waals surface area contributed by atoms with E-state index in [1.54, 1.807) is 7.05 Å². The van der Waals surface area contributed by atoms with Crippen molar-refractivity contribution >= 4 is 17.8 Å². The molecule has 1 aliphatic heterocycles. The number of hydrogen-bond donors (Lipinski definition) is 2. The summed E-state index contributed by atoms with van der Waals surface area (Å²) < 4.78 is 0. The highest BCUT2D eigenvalue weighted by Crippen LogP contribution is 2.45. The molecule has 6 heteroatoms. The van der Waals surface area contributed by atoms with Crippen molar-refractivity contribution < 1.29 is 9.59 Å². The van der Waals surface area contributed by atoms with E-state index < -0.39 is 0 Å². The number of carbonyl (C=O) groups excluding carboxylic acids is 2. The number of amides is 2. The third-order valence-electron chi connectivity index (χ3n) is 5.12. The number of imide groups is 1. The highest BCUT2D eigenvalue weighted by atomic mass is 16.2. The van der Waals surface area contributed by atoms with Gasteiger partial charge in [0.1, 0.15) is 0 Å². The Labute approximate surface area is 145 Å². The molecule has 1 saturated carbocycles. The van der Waals surface area contributed by atoms with Crippen molar-refractivity contribution in [3.05, 3.63) is 0 Å². The number of hydrogen-bond acceptors (Lipinski definition) is 3. The van der Waals surface area contributed by atoms with Crippen molar-refractivity contribution in [2.24, 2.45) is 16.3 Å². The first-order chi connectivity index (χ1) is 11.5. The molecule has 0 unspecified atom stereocenters. The predicted molar refractivity (Wildman–Crippen MR) is 95.7 cm³/mol. The number of nitrogens with one attached hydrogen (secondary N) is 2. The average molecular weight is 336 g/mol. The quantitative estimate of drug-likeness (QED) is 0.423. The third-order valence-corrected chi connectivity index (χ3v) is 5.12. The Morgan fingerprint density at radius 3 is 2.33 bits per heavy atom. The molecule has 0 aromatic heterocycles. The lowest BCUT2D eigenvalue weighted by Crippen LogP contribution is -2.49. The molecular formula is C18H32N4O2. The number of guanidine groups is 1. The molecule has 0 spiro atoms. The van der Waals surface area contributed by atoms with Crippen LogP contribution in [0.3, 0.4) is 0 Å². The Morgan fingerprint density at radius 1 is 1.17 bits per heavy atom. The van der Waals surface area contributed by atoms with Crippen molar-refractivity contribution in [3.63, 3.8) is 0 Å². The fraction of sp³-hybridized carbons (Fsp3) is 0.833. The van der Waals surface area contributed by atoms with E-state index in [4.69, 9.17) is 0 Å². The van der Waals surface area contributed by atoms with Gasteiger partial charge >= 0.3 is 0 Å². The first kappa shape index (κ1) is 18.7. The molecule has 0 aromatic rings. The van der Waals surface area contributed by atoms with Crippen LogP contribution in [0.25, 0.3) is 0 Å². The summed E-state index contributed by atoms with van der Waals surface area (Å²) in [5.41, 5.74) is 0.407. The van der Waals surface area contributed by atoms with E-state index >= 15 is 0 Å². The standard InChI is InChI=1S/C18H32N4O2/c1-14(2)12-18(8-5-9-18)13-21-17(19-3)20-10-11-22-15(23)6-4-7-16(22)24/h14H,4-13H2,1-3H3,(H2,19,20,21). The fourth-order valence-corrected chi connectivity index (χ4v) is 3.82. The molecule has 2 N–H and O–H groups in total. The monoisotopic (exact) mass is 336 g/mol. The van der Waals surface area contributed by atoms with E-state index in [1.807, 2.05) is 0 Å². The van der Waals surface area contributed by atoms with Gasteiger partial charge in [0.15, 0.2) is 5.96 Å². The zero-order valence-electron chi connectivity index (χ0n) is 15.4. The van der Waals surface area contributed by atoms with Gasteiger partial charge in [-0.2, -0.15) is 0 Å². The summed E-state index contributed by atoms with van der Waals surface area (Å²) in [4.78, 5) is 29.2. The molecule has 0 bridgehead atoms. The summed E-state index contributed by atoms with van der Waals surface area (Å²) >= 11 is 0. The van der Waals surface area contributed by atoms with Crippen LogP contribution in [0.5, 0.6) is 0 Å². The summed E-state index contributed by atoms with van der Waals surface area (Å²) in [6, 6.07) is 0. The maximum atomic E-state index is 11.8. The maximum absolute atomic E-state index is 11.8. The minimum Gasteiger partial charge on any atom is -0.356 e. The minimum absolute atomic E-state index is 0.0543. The highest BCUT2D eigenvalue weighted by molar-refractivity contribution is 5.97. The van der Waals surface area contributed by atoms with Crippen LogP contribution < -0.4 is 10.6 Å². The SMILES string of the molecule is CN=C(NCCN1C(=O)CCCC1=O)NCC1(CC(C)C)CCC1. The normalized spacial score (nSPS) is 21.0. The zero-order valence-corrected chi connectivity index (χ0v) is 15.4. The summed E-state index contributed by atoms with van der Waals surface area (Å²) in [5, 5.41) is 6.65. The van der Waals surface area contributed by atoms with Gasteiger partial charge in [-0.25, -0.2) is 0 Å². The Kier molecular flexibility index (Phi) is 6.63. The van der Waals surface area contributed by atoms with Crippen molar-refractivity contribution in [1.82, 2.24) is 15.5 Å². The van der Waals surface area contributed by atoms with Crippen LogP contribution in [0.4, 0.5) is 0 Å². The van der Waals surface area contributed by atoms with Gasteiger partial charge in [0.2, 0.25) is 11.8 Å².